The highest BCUT2D eigenvalue weighted by Gasteiger charge is 2.31. The van der Waals surface area contributed by atoms with E-state index in [9.17, 15) is 4.79 Å². The molecule has 28 heavy (non-hydrogen) atoms. The number of hydrogen-bond donors (Lipinski definition) is 0. The minimum atomic E-state index is -0.584. The van der Waals surface area contributed by atoms with Crippen molar-refractivity contribution in [2.75, 3.05) is 18.0 Å². The molecule has 0 radical (unpaired) electrons. The molecule has 1 fully saturated rings. The zero-order valence-corrected chi connectivity index (χ0v) is 17.4. The zero-order valence-electron chi connectivity index (χ0n) is 17.4. The summed E-state index contributed by atoms with van der Waals surface area (Å²) in [5.74, 6) is 0.660. The fourth-order valence-corrected chi connectivity index (χ4v) is 3.78. The number of para-hydroxylation sites is 1. The van der Waals surface area contributed by atoms with Gasteiger partial charge in [0.15, 0.2) is 0 Å². The van der Waals surface area contributed by atoms with E-state index in [2.05, 4.69) is 22.9 Å². The lowest BCUT2D eigenvalue weighted by molar-refractivity contribution is 0.0597. The first-order chi connectivity index (χ1) is 13.4. The van der Waals surface area contributed by atoms with Crippen LogP contribution in [0, 0.1) is 0 Å². The average molecular weight is 382 g/mol. The summed E-state index contributed by atoms with van der Waals surface area (Å²) >= 11 is 0. The van der Waals surface area contributed by atoms with Crippen molar-refractivity contribution in [3.05, 3.63) is 54.2 Å². The number of ether oxygens (including phenoxy) is 1. The van der Waals surface area contributed by atoms with Gasteiger partial charge in [0.25, 0.3) is 0 Å². The molecule has 1 aromatic carbocycles. The number of aromatic nitrogens is 1. The number of likely N-dealkylation sites (tertiary alicyclic amines) is 1. The number of carbonyl (C=O) groups excluding carboxylic acids is 1. The summed E-state index contributed by atoms with van der Waals surface area (Å²) < 4.78 is 5.74. The van der Waals surface area contributed by atoms with Gasteiger partial charge in [-0.1, -0.05) is 37.6 Å². The largest absolute Gasteiger partial charge is 0.443 e. The predicted octanol–water partition coefficient (Wildman–Crippen LogP) is 5.70. The second-order valence-corrected chi connectivity index (χ2v) is 8.21. The van der Waals surface area contributed by atoms with Crippen LogP contribution >= 0.6 is 0 Å². The van der Waals surface area contributed by atoms with E-state index in [4.69, 9.17) is 4.74 Å². The average Bonchev–Trinajstić information content (AvgIpc) is 2.68. The number of benzene rings is 1. The second-order valence-electron chi connectivity index (χ2n) is 8.21. The summed E-state index contributed by atoms with van der Waals surface area (Å²) in [4.78, 5) is 21.9. The molecule has 0 saturated carbocycles. The summed E-state index contributed by atoms with van der Waals surface area (Å²) in [5, 5.41) is 0. The fourth-order valence-electron chi connectivity index (χ4n) is 3.78. The Morgan fingerprint density at radius 1 is 1.18 bits per heavy atom. The lowest BCUT2D eigenvalue weighted by Crippen LogP contribution is -2.37. The van der Waals surface area contributed by atoms with Crippen LogP contribution in [0.15, 0.2) is 48.7 Å². The first-order valence-electron chi connectivity index (χ1n) is 10.2. The highest BCUT2D eigenvalue weighted by atomic mass is 16.6. The molecule has 150 valence electrons. The molecule has 5 nitrogen and oxygen atoms in total. The van der Waals surface area contributed by atoms with E-state index in [0.717, 1.165) is 30.8 Å². The van der Waals surface area contributed by atoms with Crippen LogP contribution in [0.4, 0.5) is 16.3 Å². The molecule has 1 aliphatic rings. The van der Waals surface area contributed by atoms with Crippen LogP contribution < -0.4 is 4.90 Å². The predicted molar refractivity (Wildman–Crippen MR) is 113 cm³/mol. The van der Waals surface area contributed by atoms with Crippen molar-refractivity contribution in [2.45, 2.75) is 58.6 Å². The fraction of sp³-hybridized carbons (Fsp3) is 0.478. The number of pyridine rings is 1. The molecule has 3 rings (SSSR count). The quantitative estimate of drug-likeness (QED) is 0.681. The van der Waals surface area contributed by atoms with Crippen LogP contribution in [0.3, 0.4) is 0 Å². The summed E-state index contributed by atoms with van der Waals surface area (Å²) in [5.41, 5.74) is 1.26. The molecule has 1 amide bonds. The monoisotopic (exact) mass is 381 g/mol. The van der Waals surface area contributed by atoms with E-state index in [-0.39, 0.29) is 6.04 Å². The molecule has 1 saturated heterocycles. The molecular weight excluding hydrogens is 350 g/mol. The van der Waals surface area contributed by atoms with Crippen LogP contribution in [-0.2, 0) is 4.74 Å². The third-order valence-electron chi connectivity index (χ3n) is 5.00. The van der Waals surface area contributed by atoms with Gasteiger partial charge in [-0.2, -0.15) is 0 Å². The third kappa shape index (κ3) is 4.71. The van der Waals surface area contributed by atoms with E-state index in [1.54, 1.807) is 11.1 Å². The van der Waals surface area contributed by atoms with E-state index >= 15 is 0 Å². The van der Waals surface area contributed by atoms with E-state index in [1.165, 1.54) is 12.8 Å². The van der Waals surface area contributed by atoms with Crippen molar-refractivity contribution in [1.82, 2.24) is 9.88 Å². The Morgan fingerprint density at radius 3 is 2.61 bits per heavy atom. The Hall–Kier alpha value is -2.40. The number of carbonyl (C=O) groups is 1. The first kappa shape index (κ1) is 20.3. The molecule has 2 aromatic rings. The smallest absolute Gasteiger partial charge is 0.420 e. The second kappa shape index (κ2) is 8.74. The van der Waals surface area contributed by atoms with Crippen molar-refractivity contribution in [3.63, 3.8) is 0 Å². The van der Waals surface area contributed by atoms with Crippen molar-refractivity contribution in [2.24, 2.45) is 0 Å². The molecule has 0 spiro atoms. The van der Waals surface area contributed by atoms with Gasteiger partial charge in [0.2, 0.25) is 0 Å². The lowest BCUT2D eigenvalue weighted by atomic mass is 9.95. The van der Waals surface area contributed by atoms with Crippen molar-refractivity contribution >= 4 is 17.6 Å². The van der Waals surface area contributed by atoms with Crippen molar-refractivity contribution < 1.29 is 9.53 Å². The van der Waals surface area contributed by atoms with Crippen LogP contribution in [0.25, 0.3) is 0 Å². The number of amides is 1. The van der Waals surface area contributed by atoms with Crippen LogP contribution in [0.2, 0.25) is 0 Å². The van der Waals surface area contributed by atoms with Gasteiger partial charge in [0, 0.05) is 17.8 Å². The Labute approximate surface area is 168 Å². The molecular formula is C23H31N3O2. The number of anilines is 2. The topological polar surface area (TPSA) is 45.7 Å². The number of piperidine rings is 1. The summed E-state index contributed by atoms with van der Waals surface area (Å²) in [6.45, 7) is 9.90. The van der Waals surface area contributed by atoms with Gasteiger partial charge in [0.1, 0.15) is 11.4 Å². The highest BCUT2D eigenvalue weighted by molar-refractivity contribution is 5.96. The normalized spacial score (nSPS) is 17.9. The number of hydrogen-bond acceptors (Lipinski definition) is 4. The Morgan fingerprint density at radius 2 is 1.93 bits per heavy atom. The van der Waals surface area contributed by atoms with Gasteiger partial charge in [-0.05, 0) is 64.9 Å². The molecule has 0 bridgehead atoms. The van der Waals surface area contributed by atoms with Crippen LogP contribution in [0.1, 0.15) is 58.6 Å². The minimum absolute atomic E-state index is 0.260. The maximum Gasteiger partial charge on any atom is 0.420 e. The van der Waals surface area contributed by atoms with Gasteiger partial charge < -0.3 is 4.74 Å². The summed E-state index contributed by atoms with van der Waals surface area (Å²) in [6.07, 6.45) is 4.82. The Kier molecular flexibility index (Phi) is 6.35. The van der Waals surface area contributed by atoms with Gasteiger partial charge >= 0.3 is 6.09 Å². The molecule has 0 N–H and O–H groups in total. The van der Waals surface area contributed by atoms with Crippen molar-refractivity contribution in [3.8, 4) is 0 Å². The maximum absolute atomic E-state index is 13.2. The number of nitrogens with zero attached hydrogens (tertiary/aromatic N) is 3. The Balaban J connectivity index is 2.07. The summed E-state index contributed by atoms with van der Waals surface area (Å²) in [6, 6.07) is 13.9. The van der Waals surface area contributed by atoms with Gasteiger partial charge in [0.05, 0.1) is 5.69 Å². The molecule has 0 aliphatic carbocycles. The van der Waals surface area contributed by atoms with Crippen LogP contribution in [-0.4, -0.2) is 34.7 Å². The maximum atomic E-state index is 13.2. The standard InChI is InChI=1S/C23H31N3O2/c1-5-25-17-10-9-15-20(25)19-14-11-16-24-21(19)26(18-12-7-6-8-13-18)22(27)28-23(2,3)4/h6-8,11-14,16,20H,5,9-10,15,17H2,1-4H3/t20-/m1/s1. The number of rotatable bonds is 4. The van der Waals surface area contributed by atoms with Crippen molar-refractivity contribution in [1.29, 1.82) is 0 Å². The minimum Gasteiger partial charge on any atom is -0.443 e. The Bertz CT molecular complexity index is 786. The van der Waals surface area contributed by atoms with Gasteiger partial charge in [-0.15, -0.1) is 0 Å². The molecule has 5 heteroatoms. The molecule has 1 atom stereocenters. The zero-order chi connectivity index (χ0) is 20.1. The van der Waals surface area contributed by atoms with Crippen LogP contribution in [0.5, 0.6) is 0 Å². The van der Waals surface area contributed by atoms with Gasteiger partial charge in [-0.3, -0.25) is 4.90 Å². The highest BCUT2D eigenvalue weighted by Crippen LogP contribution is 2.38. The molecule has 1 aliphatic heterocycles. The lowest BCUT2D eigenvalue weighted by Gasteiger charge is -2.37. The first-order valence-corrected chi connectivity index (χ1v) is 10.2. The third-order valence-corrected chi connectivity index (χ3v) is 5.00. The molecule has 0 unspecified atom stereocenters. The van der Waals surface area contributed by atoms with E-state index in [0.29, 0.717) is 5.82 Å². The van der Waals surface area contributed by atoms with E-state index in [1.807, 2.05) is 57.2 Å². The molecule has 1 aromatic heterocycles. The van der Waals surface area contributed by atoms with Gasteiger partial charge in [-0.25, -0.2) is 14.7 Å². The molecule has 2 heterocycles. The SMILES string of the molecule is CCN1CCCC[C@@H]1c1cccnc1N(C(=O)OC(C)(C)C)c1ccccc1. The summed E-state index contributed by atoms with van der Waals surface area (Å²) in [7, 11) is 0. The van der Waals surface area contributed by atoms with E-state index < -0.39 is 11.7 Å².